The average molecular weight is 345 g/mol. The van der Waals surface area contributed by atoms with E-state index in [-0.39, 0.29) is 10.8 Å². The highest BCUT2D eigenvalue weighted by Gasteiger charge is 2.29. The molecule has 0 bridgehead atoms. The average Bonchev–Trinajstić information content (AvgIpc) is 2.38. The highest BCUT2D eigenvalue weighted by atomic mass is 35.5. The van der Waals surface area contributed by atoms with E-state index in [9.17, 15) is 4.55 Å². The molecule has 2 rings (SSSR count). The first-order valence-electron chi connectivity index (χ1n) is 6.63. The summed E-state index contributed by atoms with van der Waals surface area (Å²) in [5.41, 5.74) is 1.49. The fraction of sp³-hybridized carbons (Fsp3) is 0.400. The van der Waals surface area contributed by atoms with E-state index in [1.54, 1.807) is 6.07 Å². The minimum absolute atomic E-state index is 0.173. The molecule has 3 nitrogen and oxygen atoms in total. The van der Waals surface area contributed by atoms with Gasteiger partial charge >= 0.3 is 0 Å². The van der Waals surface area contributed by atoms with Gasteiger partial charge in [-0.3, -0.25) is 0 Å². The van der Waals surface area contributed by atoms with Gasteiger partial charge in [0.25, 0.3) is 0 Å². The SMILES string of the molecule is C[C@H](N[S+]([O-])C(C)(C)C)c1cc2cccc(Cl)c2nc1Cl. The smallest absolute Gasteiger partial charge is 0.136 e. The molecule has 0 fully saturated rings. The fourth-order valence-electron chi connectivity index (χ4n) is 1.86. The first-order valence-corrected chi connectivity index (χ1v) is 8.53. The van der Waals surface area contributed by atoms with Crippen LogP contribution >= 0.6 is 23.2 Å². The Hall–Kier alpha value is -0.520. The van der Waals surface area contributed by atoms with Crippen LogP contribution in [0.25, 0.3) is 10.9 Å². The van der Waals surface area contributed by atoms with Crippen LogP contribution in [0.2, 0.25) is 10.2 Å². The van der Waals surface area contributed by atoms with Crippen LogP contribution in [-0.2, 0) is 11.4 Å². The van der Waals surface area contributed by atoms with Crippen molar-refractivity contribution in [2.75, 3.05) is 0 Å². The molecule has 1 aromatic carbocycles. The van der Waals surface area contributed by atoms with Crippen LogP contribution in [0, 0.1) is 0 Å². The summed E-state index contributed by atoms with van der Waals surface area (Å²) in [4.78, 5) is 4.36. The fourth-order valence-corrected chi connectivity index (χ4v) is 3.19. The van der Waals surface area contributed by atoms with Crippen molar-refractivity contribution in [3.63, 3.8) is 0 Å². The van der Waals surface area contributed by atoms with Gasteiger partial charge in [-0.2, -0.15) is 0 Å². The summed E-state index contributed by atoms with van der Waals surface area (Å²) < 4.78 is 14.9. The molecule has 0 radical (unpaired) electrons. The Labute approximate surface area is 138 Å². The number of rotatable bonds is 3. The lowest BCUT2D eigenvalue weighted by Gasteiger charge is -2.26. The lowest BCUT2D eigenvalue weighted by molar-refractivity contribution is 0.531. The molecule has 0 aliphatic heterocycles. The number of pyridine rings is 1. The topological polar surface area (TPSA) is 48.0 Å². The van der Waals surface area contributed by atoms with Gasteiger partial charge in [0.1, 0.15) is 9.90 Å². The predicted molar refractivity (Wildman–Crippen MR) is 91.2 cm³/mol. The summed E-state index contributed by atoms with van der Waals surface area (Å²) in [6.07, 6.45) is 0. The highest BCUT2D eigenvalue weighted by Crippen LogP contribution is 2.30. The Morgan fingerprint density at radius 2 is 1.95 bits per heavy atom. The Morgan fingerprint density at radius 3 is 2.57 bits per heavy atom. The molecule has 0 amide bonds. The number of fused-ring (bicyclic) bond motifs is 1. The number of nitrogens with one attached hydrogen (secondary N) is 1. The normalized spacial score (nSPS) is 15.2. The van der Waals surface area contributed by atoms with E-state index >= 15 is 0 Å². The number of para-hydroxylation sites is 1. The summed E-state index contributed by atoms with van der Waals surface area (Å²) in [6, 6.07) is 7.35. The number of benzene rings is 1. The minimum atomic E-state index is -1.18. The first-order chi connectivity index (χ1) is 9.70. The molecule has 0 spiro atoms. The van der Waals surface area contributed by atoms with Gasteiger partial charge in [-0.15, -0.1) is 4.72 Å². The Morgan fingerprint density at radius 1 is 1.29 bits per heavy atom. The Kier molecular flexibility index (Phi) is 5.06. The molecule has 6 heteroatoms. The molecule has 0 aliphatic rings. The molecule has 0 saturated carbocycles. The van der Waals surface area contributed by atoms with E-state index in [2.05, 4.69) is 9.71 Å². The van der Waals surface area contributed by atoms with Gasteiger partial charge in [-0.25, -0.2) is 4.98 Å². The standard InChI is InChI=1S/C15H18Cl2N2OS/c1-9(19-21(20)15(2,3)4)11-8-10-6-5-7-12(16)13(10)18-14(11)17/h5-9,19H,1-4H3/t9-,21?/m0/s1. The van der Waals surface area contributed by atoms with Crippen LogP contribution < -0.4 is 4.72 Å². The molecule has 1 unspecified atom stereocenters. The molecule has 2 atom stereocenters. The number of hydrogen-bond donors (Lipinski definition) is 1. The number of hydrogen-bond acceptors (Lipinski definition) is 3. The third kappa shape index (κ3) is 3.82. The van der Waals surface area contributed by atoms with E-state index in [1.807, 2.05) is 45.9 Å². The summed E-state index contributed by atoms with van der Waals surface area (Å²) in [6.45, 7) is 7.68. The summed E-state index contributed by atoms with van der Waals surface area (Å²) in [7, 11) is 0. The van der Waals surface area contributed by atoms with Crippen molar-refractivity contribution < 1.29 is 4.55 Å². The minimum Gasteiger partial charge on any atom is -0.598 e. The molecule has 0 saturated heterocycles. The number of halogens is 2. The van der Waals surface area contributed by atoms with Crippen molar-refractivity contribution in [3.8, 4) is 0 Å². The van der Waals surface area contributed by atoms with Crippen molar-refractivity contribution in [1.29, 1.82) is 0 Å². The van der Waals surface area contributed by atoms with E-state index in [0.717, 1.165) is 10.9 Å². The van der Waals surface area contributed by atoms with Gasteiger partial charge in [0.2, 0.25) is 0 Å². The van der Waals surface area contributed by atoms with Crippen LogP contribution in [0.4, 0.5) is 0 Å². The van der Waals surface area contributed by atoms with E-state index in [4.69, 9.17) is 23.2 Å². The lowest BCUT2D eigenvalue weighted by atomic mass is 10.1. The highest BCUT2D eigenvalue weighted by molar-refractivity contribution is 7.90. The molecule has 114 valence electrons. The van der Waals surface area contributed by atoms with Crippen molar-refractivity contribution in [2.24, 2.45) is 0 Å². The number of aromatic nitrogens is 1. The molecule has 1 heterocycles. The van der Waals surface area contributed by atoms with Crippen molar-refractivity contribution in [3.05, 3.63) is 40.0 Å². The maximum atomic E-state index is 12.2. The summed E-state index contributed by atoms with van der Waals surface area (Å²) >= 11 is 11.2. The van der Waals surface area contributed by atoms with E-state index in [1.165, 1.54) is 0 Å². The largest absolute Gasteiger partial charge is 0.598 e. The second kappa shape index (κ2) is 6.31. The Bertz CT molecular complexity index is 658. The van der Waals surface area contributed by atoms with Gasteiger partial charge in [0.15, 0.2) is 0 Å². The third-order valence-electron chi connectivity index (χ3n) is 3.08. The third-order valence-corrected chi connectivity index (χ3v) is 5.37. The van der Waals surface area contributed by atoms with Crippen molar-refractivity contribution >= 4 is 45.5 Å². The van der Waals surface area contributed by atoms with Crippen LogP contribution in [0.1, 0.15) is 39.3 Å². The lowest BCUT2D eigenvalue weighted by Crippen LogP contribution is -2.40. The summed E-state index contributed by atoms with van der Waals surface area (Å²) in [5, 5.41) is 1.86. The summed E-state index contributed by atoms with van der Waals surface area (Å²) in [5.74, 6) is 0. The van der Waals surface area contributed by atoms with E-state index in [0.29, 0.717) is 15.7 Å². The van der Waals surface area contributed by atoms with Crippen LogP contribution in [0.3, 0.4) is 0 Å². The second-order valence-corrected chi connectivity index (χ2v) is 8.66. The van der Waals surface area contributed by atoms with Gasteiger partial charge < -0.3 is 4.55 Å². The second-order valence-electron chi connectivity index (χ2n) is 5.90. The zero-order valence-corrected chi connectivity index (χ0v) is 14.7. The van der Waals surface area contributed by atoms with Crippen LogP contribution in [0.5, 0.6) is 0 Å². The zero-order chi connectivity index (χ0) is 15.8. The molecule has 1 aromatic heterocycles. The molecular weight excluding hydrogens is 327 g/mol. The van der Waals surface area contributed by atoms with Gasteiger partial charge in [0, 0.05) is 22.3 Å². The van der Waals surface area contributed by atoms with E-state index < -0.39 is 11.4 Å². The maximum absolute atomic E-state index is 12.2. The molecule has 21 heavy (non-hydrogen) atoms. The van der Waals surface area contributed by atoms with Crippen LogP contribution in [0.15, 0.2) is 24.3 Å². The van der Waals surface area contributed by atoms with Crippen LogP contribution in [-0.4, -0.2) is 14.3 Å². The van der Waals surface area contributed by atoms with Crippen molar-refractivity contribution in [2.45, 2.75) is 38.5 Å². The van der Waals surface area contributed by atoms with Gasteiger partial charge in [-0.05, 0) is 39.8 Å². The Balaban J connectivity index is 2.36. The predicted octanol–water partition coefficient (Wildman–Crippen LogP) is 4.65. The van der Waals surface area contributed by atoms with Gasteiger partial charge in [0.05, 0.1) is 16.6 Å². The number of nitrogens with zero attached hydrogens (tertiary/aromatic N) is 1. The molecular formula is C15H18Cl2N2OS. The molecule has 2 aromatic rings. The zero-order valence-electron chi connectivity index (χ0n) is 12.4. The van der Waals surface area contributed by atoms with Gasteiger partial charge in [-0.1, -0.05) is 35.3 Å². The first kappa shape index (κ1) is 16.8. The molecule has 0 aliphatic carbocycles. The monoisotopic (exact) mass is 344 g/mol. The molecule has 1 N–H and O–H groups in total. The quantitative estimate of drug-likeness (QED) is 0.650. The van der Waals surface area contributed by atoms with Crippen molar-refractivity contribution in [1.82, 2.24) is 9.71 Å². The maximum Gasteiger partial charge on any atom is 0.136 e.